The van der Waals surface area contributed by atoms with E-state index in [4.69, 9.17) is 9.97 Å². The molecule has 0 atom stereocenters. The number of nitrogens with one attached hydrogen (secondary N) is 2. The topological polar surface area (TPSA) is 80.5 Å². The van der Waals surface area contributed by atoms with Crippen molar-refractivity contribution in [1.29, 1.82) is 0 Å². The van der Waals surface area contributed by atoms with Crippen LogP contribution in [-0.4, -0.2) is 31.0 Å². The molecule has 0 aromatic carbocycles. The molecule has 0 unspecified atom stereocenters. The molecule has 6 rings (SSSR count). The monoisotopic (exact) mass is 425 g/mol. The van der Waals surface area contributed by atoms with Gasteiger partial charge < -0.3 is 15.2 Å². The molecule has 0 amide bonds. The summed E-state index contributed by atoms with van der Waals surface area (Å²) in [5.74, 6) is 2.09. The van der Waals surface area contributed by atoms with Gasteiger partial charge in [0.25, 0.3) is 0 Å². The van der Waals surface area contributed by atoms with Crippen molar-refractivity contribution in [2.45, 2.75) is 45.2 Å². The van der Waals surface area contributed by atoms with Gasteiger partial charge in [-0.1, -0.05) is 19.6 Å². The van der Waals surface area contributed by atoms with Gasteiger partial charge in [0.2, 0.25) is 5.95 Å². The highest BCUT2D eigenvalue weighted by Gasteiger charge is 2.24. The summed E-state index contributed by atoms with van der Waals surface area (Å²) in [5.41, 5.74) is 5.25. The molecule has 162 valence electrons. The van der Waals surface area contributed by atoms with Crippen molar-refractivity contribution >= 4 is 39.3 Å². The number of aromatic nitrogens is 5. The van der Waals surface area contributed by atoms with Crippen LogP contribution in [0, 0.1) is 5.92 Å². The van der Waals surface area contributed by atoms with Crippen LogP contribution < -0.4 is 10.6 Å². The molecular weight excluding hydrogens is 398 g/mol. The van der Waals surface area contributed by atoms with Crippen molar-refractivity contribution in [3.8, 4) is 0 Å². The second-order valence-electron chi connectivity index (χ2n) is 9.14. The predicted molar refractivity (Wildman–Crippen MR) is 128 cm³/mol. The van der Waals surface area contributed by atoms with Gasteiger partial charge in [-0.15, -0.1) is 0 Å². The summed E-state index contributed by atoms with van der Waals surface area (Å²) >= 11 is 0. The van der Waals surface area contributed by atoms with Crippen molar-refractivity contribution in [1.82, 2.24) is 29.8 Å². The van der Waals surface area contributed by atoms with Gasteiger partial charge in [0.15, 0.2) is 0 Å². The second-order valence-corrected chi connectivity index (χ2v) is 9.14. The highest BCUT2D eigenvalue weighted by Crippen LogP contribution is 2.38. The predicted octanol–water partition coefficient (Wildman–Crippen LogP) is 4.99. The third-order valence-electron chi connectivity index (χ3n) is 6.90. The molecule has 0 saturated heterocycles. The summed E-state index contributed by atoms with van der Waals surface area (Å²) in [5, 5.41) is 8.90. The van der Waals surface area contributed by atoms with Crippen LogP contribution in [0.2, 0.25) is 0 Å². The Labute approximate surface area is 187 Å². The average Bonchev–Trinajstić information content (AvgIpc) is 3.14. The van der Waals surface area contributed by atoms with E-state index in [9.17, 15) is 0 Å². The Bertz CT molecular complexity index is 1330. The molecule has 2 N–H and O–H groups in total. The summed E-state index contributed by atoms with van der Waals surface area (Å²) in [6.45, 7) is 8.08. The highest BCUT2D eigenvalue weighted by atomic mass is 15.2. The third-order valence-corrected chi connectivity index (χ3v) is 6.90. The number of rotatable bonds is 3. The second kappa shape index (κ2) is 7.67. The summed E-state index contributed by atoms with van der Waals surface area (Å²) < 4.78 is 2.39. The van der Waals surface area contributed by atoms with E-state index in [1.54, 1.807) is 0 Å². The fraction of sp³-hybridized carbons (Fsp3) is 0.360. The van der Waals surface area contributed by atoms with Gasteiger partial charge in [0.1, 0.15) is 11.5 Å². The summed E-state index contributed by atoms with van der Waals surface area (Å²) in [7, 11) is 0. The van der Waals surface area contributed by atoms with Gasteiger partial charge in [0, 0.05) is 42.3 Å². The number of fused-ring (bicyclic) bond motifs is 4. The maximum absolute atomic E-state index is 4.97. The van der Waals surface area contributed by atoms with Crippen LogP contribution in [0.1, 0.15) is 49.9 Å². The molecule has 0 bridgehead atoms. The lowest BCUT2D eigenvalue weighted by molar-refractivity contribution is 0.298. The van der Waals surface area contributed by atoms with Crippen molar-refractivity contribution in [3.63, 3.8) is 0 Å². The van der Waals surface area contributed by atoms with Gasteiger partial charge in [-0.2, -0.15) is 4.98 Å². The summed E-state index contributed by atoms with van der Waals surface area (Å²) in [4.78, 5) is 18.8. The van der Waals surface area contributed by atoms with Crippen LogP contribution in [0.4, 0.5) is 11.8 Å². The molecule has 7 heteroatoms. The van der Waals surface area contributed by atoms with E-state index in [0.717, 1.165) is 58.0 Å². The van der Waals surface area contributed by atoms with E-state index >= 15 is 0 Å². The normalized spacial score (nSPS) is 21.1. The highest BCUT2D eigenvalue weighted by molar-refractivity contribution is 6.06. The molecule has 4 aromatic rings. The Morgan fingerprint density at radius 3 is 2.78 bits per heavy atom. The lowest BCUT2D eigenvalue weighted by Crippen LogP contribution is -2.23. The number of nitrogens with zero attached hydrogens (tertiary/aromatic N) is 5. The zero-order valence-corrected chi connectivity index (χ0v) is 18.3. The first-order valence-electron chi connectivity index (χ1n) is 11.4. The van der Waals surface area contributed by atoms with E-state index < -0.39 is 0 Å². The van der Waals surface area contributed by atoms with Crippen molar-refractivity contribution in [2.24, 2.45) is 5.92 Å². The first-order chi connectivity index (χ1) is 15.7. The van der Waals surface area contributed by atoms with E-state index in [0.29, 0.717) is 12.0 Å². The first-order valence-corrected chi connectivity index (χ1v) is 11.4. The molecule has 1 fully saturated rings. The fourth-order valence-electron chi connectivity index (χ4n) is 5.15. The number of pyridine rings is 2. The van der Waals surface area contributed by atoms with Gasteiger partial charge in [0.05, 0.1) is 17.4 Å². The first kappa shape index (κ1) is 19.4. The molecule has 32 heavy (non-hydrogen) atoms. The molecule has 0 radical (unpaired) electrons. The van der Waals surface area contributed by atoms with Gasteiger partial charge in [-0.05, 0) is 54.9 Å². The van der Waals surface area contributed by atoms with Crippen LogP contribution in [0.5, 0.6) is 0 Å². The summed E-state index contributed by atoms with van der Waals surface area (Å²) in [6, 6.07) is 6.58. The van der Waals surface area contributed by atoms with Crippen LogP contribution >= 0.6 is 0 Å². The molecular formula is C25H27N7. The van der Waals surface area contributed by atoms with Crippen molar-refractivity contribution in [2.75, 3.05) is 11.9 Å². The molecule has 1 aliphatic carbocycles. The minimum atomic E-state index is 0.441. The van der Waals surface area contributed by atoms with Crippen LogP contribution in [-0.2, 0) is 6.54 Å². The van der Waals surface area contributed by atoms with E-state index in [2.05, 4.69) is 50.8 Å². The molecule has 4 aromatic heterocycles. The zero-order valence-electron chi connectivity index (χ0n) is 18.3. The Balaban J connectivity index is 1.42. The van der Waals surface area contributed by atoms with Crippen LogP contribution in [0.15, 0.2) is 43.4 Å². The van der Waals surface area contributed by atoms with E-state index in [-0.39, 0.29) is 0 Å². The standard InChI is InChI=1S/C25H27N7/c1-15-3-6-18(7-4-15)32-21-14-26-10-9-19(21)20-13-28-25(31-24(20)32)30-22-8-5-17-12-27-11-16(2)23(17)29-22/h5,8-10,13-15,18,27H,2-4,6-7,11-12H2,1H3,(H,28,29,30,31). The largest absolute Gasteiger partial charge is 0.321 e. The van der Waals surface area contributed by atoms with Gasteiger partial charge >= 0.3 is 0 Å². The maximum Gasteiger partial charge on any atom is 0.230 e. The third kappa shape index (κ3) is 3.24. The van der Waals surface area contributed by atoms with Crippen molar-refractivity contribution in [3.05, 3.63) is 54.6 Å². The molecule has 2 aliphatic rings. The fourth-order valence-corrected chi connectivity index (χ4v) is 5.15. The number of hydrogen-bond donors (Lipinski definition) is 2. The summed E-state index contributed by atoms with van der Waals surface area (Å²) in [6.07, 6.45) is 10.6. The van der Waals surface area contributed by atoms with Crippen LogP contribution in [0.25, 0.3) is 27.5 Å². The Morgan fingerprint density at radius 1 is 1.03 bits per heavy atom. The quantitative estimate of drug-likeness (QED) is 0.482. The van der Waals surface area contributed by atoms with Gasteiger partial charge in [-0.3, -0.25) is 4.98 Å². The SMILES string of the molecule is C=C1CNCc2ccc(Nc3ncc4c5ccncc5n(C5CCC(C)CC5)c4n3)nc21. The van der Waals surface area contributed by atoms with E-state index in [1.807, 2.05) is 24.7 Å². The van der Waals surface area contributed by atoms with E-state index in [1.165, 1.54) is 31.2 Å². The molecule has 1 saturated carbocycles. The molecule has 7 nitrogen and oxygen atoms in total. The van der Waals surface area contributed by atoms with Crippen molar-refractivity contribution < 1.29 is 0 Å². The Hall–Kier alpha value is -3.32. The number of anilines is 2. The molecule has 1 aliphatic heterocycles. The average molecular weight is 426 g/mol. The van der Waals surface area contributed by atoms with Crippen LogP contribution in [0.3, 0.4) is 0 Å². The lowest BCUT2D eigenvalue weighted by Gasteiger charge is -2.28. The maximum atomic E-state index is 4.97. The van der Waals surface area contributed by atoms with Gasteiger partial charge in [-0.25, -0.2) is 9.97 Å². The Morgan fingerprint density at radius 2 is 1.91 bits per heavy atom. The minimum absolute atomic E-state index is 0.441. The minimum Gasteiger partial charge on any atom is -0.321 e. The molecule has 5 heterocycles. The smallest absolute Gasteiger partial charge is 0.230 e. The number of hydrogen-bond acceptors (Lipinski definition) is 6. The molecule has 0 spiro atoms. The lowest BCUT2D eigenvalue weighted by atomic mass is 9.87. The zero-order chi connectivity index (χ0) is 21.7. The Kier molecular flexibility index (Phi) is 4.64.